The molecule has 0 radical (unpaired) electrons. The van der Waals surface area contributed by atoms with E-state index in [1.165, 1.54) is 11.1 Å². The molecule has 2 aromatic rings. The van der Waals surface area contributed by atoms with Gasteiger partial charge < -0.3 is 10.6 Å². The Morgan fingerprint density at radius 1 is 1.10 bits per heavy atom. The molecule has 0 aliphatic heterocycles. The Balaban J connectivity index is 1.82. The lowest BCUT2D eigenvalue weighted by Gasteiger charge is -2.19. The summed E-state index contributed by atoms with van der Waals surface area (Å²) in [6, 6.07) is 18.3. The highest BCUT2D eigenvalue weighted by Crippen LogP contribution is 2.15. The van der Waals surface area contributed by atoms with Crippen molar-refractivity contribution in [3.63, 3.8) is 0 Å². The van der Waals surface area contributed by atoms with Crippen LogP contribution in [0.2, 0.25) is 5.02 Å². The Morgan fingerprint density at radius 2 is 1.85 bits per heavy atom. The summed E-state index contributed by atoms with van der Waals surface area (Å²) in [4.78, 5) is 2.27. The minimum Gasteiger partial charge on any atom is -0.324 e. The predicted octanol–water partition coefficient (Wildman–Crippen LogP) is 3.86. The molecule has 0 spiro atoms. The van der Waals surface area contributed by atoms with E-state index in [0.29, 0.717) is 0 Å². The van der Waals surface area contributed by atoms with Crippen LogP contribution in [0.1, 0.15) is 23.6 Å². The predicted molar refractivity (Wildman–Crippen MR) is 85.8 cm³/mol. The number of hydrogen-bond donors (Lipinski definition) is 1. The molecule has 1 unspecified atom stereocenters. The van der Waals surface area contributed by atoms with Crippen LogP contribution in [0.4, 0.5) is 0 Å². The third-order valence-corrected chi connectivity index (χ3v) is 3.63. The Bertz CT molecular complexity index is 528. The summed E-state index contributed by atoms with van der Waals surface area (Å²) in [7, 11) is 2.11. The van der Waals surface area contributed by atoms with Gasteiger partial charge in [-0.25, -0.2) is 0 Å². The average Bonchev–Trinajstić information content (AvgIpc) is 2.46. The normalized spacial score (nSPS) is 12.6. The first-order chi connectivity index (χ1) is 9.65. The number of rotatable bonds is 6. The zero-order valence-electron chi connectivity index (χ0n) is 11.8. The van der Waals surface area contributed by atoms with E-state index >= 15 is 0 Å². The number of benzene rings is 2. The van der Waals surface area contributed by atoms with Crippen LogP contribution in [0.5, 0.6) is 0 Å². The molecule has 0 fully saturated rings. The smallest absolute Gasteiger partial charge is 0.0409 e. The third-order valence-electron chi connectivity index (χ3n) is 3.39. The molecular weight excluding hydrogens is 268 g/mol. The van der Waals surface area contributed by atoms with Crippen molar-refractivity contribution in [3.05, 3.63) is 70.7 Å². The van der Waals surface area contributed by atoms with Gasteiger partial charge in [0.1, 0.15) is 0 Å². The van der Waals surface area contributed by atoms with Crippen LogP contribution < -0.4 is 5.73 Å². The second-order valence-electron chi connectivity index (χ2n) is 5.17. The summed E-state index contributed by atoms with van der Waals surface area (Å²) in [6.07, 6.45) is 0.946. The number of nitrogens with two attached hydrogens (primary N) is 1. The molecule has 0 saturated carbocycles. The van der Waals surface area contributed by atoms with Crippen molar-refractivity contribution in [3.8, 4) is 0 Å². The van der Waals surface area contributed by atoms with E-state index in [1.54, 1.807) is 0 Å². The lowest BCUT2D eigenvalue weighted by molar-refractivity contribution is 0.311. The Labute approximate surface area is 126 Å². The maximum absolute atomic E-state index is 6.21. The maximum Gasteiger partial charge on any atom is 0.0409 e. The molecule has 0 aromatic heterocycles. The second-order valence-corrected chi connectivity index (χ2v) is 5.61. The molecule has 0 heterocycles. The van der Waals surface area contributed by atoms with Gasteiger partial charge in [0.15, 0.2) is 0 Å². The zero-order chi connectivity index (χ0) is 14.4. The fourth-order valence-electron chi connectivity index (χ4n) is 2.25. The maximum atomic E-state index is 6.21. The zero-order valence-corrected chi connectivity index (χ0v) is 12.6. The van der Waals surface area contributed by atoms with Crippen LogP contribution in [0.3, 0.4) is 0 Å². The average molecular weight is 289 g/mol. The summed E-state index contributed by atoms with van der Waals surface area (Å²) in [5, 5.41) is 0.789. The summed E-state index contributed by atoms with van der Waals surface area (Å²) in [5.41, 5.74) is 8.64. The molecule has 2 nitrogen and oxygen atoms in total. The van der Waals surface area contributed by atoms with Crippen LogP contribution in [-0.2, 0) is 6.54 Å². The van der Waals surface area contributed by atoms with Gasteiger partial charge in [0, 0.05) is 17.6 Å². The lowest BCUT2D eigenvalue weighted by Crippen LogP contribution is -2.23. The topological polar surface area (TPSA) is 29.3 Å². The van der Waals surface area contributed by atoms with Gasteiger partial charge in [-0.3, -0.25) is 0 Å². The van der Waals surface area contributed by atoms with Crippen molar-refractivity contribution in [1.82, 2.24) is 4.90 Å². The standard InChI is InChI=1S/C17H21ClN2/c1-20(13-14-6-5-9-16(18)12-14)11-10-17(19)15-7-3-2-4-8-15/h2-9,12,17H,10-11,13,19H2,1H3. The first kappa shape index (κ1) is 15.0. The van der Waals surface area contributed by atoms with Gasteiger partial charge in [-0.15, -0.1) is 0 Å². The molecule has 0 saturated heterocycles. The molecule has 20 heavy (non-hydrogen) atoms. The highest BCUT2D eigenvalue weighted by Gasteiger charge is 2.07. The molecule has 2 N–H and O–H groups in total. The molecule has 0 bridgehead atoms. The molecular formula is C17H21ClN2. The van der Waals surface area contributed by atoms with E-state index < -0.39 is 0 Å². The van der Waals surface area contributed by atoms with Crippen molar-refractivity contribution < 1.29 is 0 Å². The van der Waals surface area contributed by atoms with Crippen molar-refractivity contribution in [2.24, 2.45) is 5.73 Å². The molecule has 2 aromatic carbocycles. The Morgan fingerprint density at radius 3 is 2.55 bits per heavy atom. The fourth-order valence-corrected chi connectivity index (χ4v) is 2.47. The molecule has 1 atom stereocenters. The summed E-state index contributed by atoms with van der Waals surface area (Å²) >= 11 is 6.00. The Hall–Kier alpha value is -1.35. The van der Waals surface area contributed by atoms with Gasteiger partial charge in [0.2, 0.25) is 0 Å². The van der Waals surface area contributed by atoms with E-state index in [9.17, 15) is 0 Å². The quantitative estimate of drug-likeness (QED) is 0.874. The van der Waals surface area contributed by atoms with Gasteiger partial charge >= 0.3 is 0 Å². The SMILES string of the molecule is CN(CCC(N)c1ccccc1)Cc1cccc(Cl)c1. The first-order valence-corrected chi connectivity index (χ1v) is 7.26. The van der Waals surface area contributed by atoms with Crippen LogP contribution in [0, 0.1) is 0 Å². The molecule has 2 rings (SSSR count). The summed E-state index contributed by atoms with van der Waals surface area (Å²) in [5.74, 6) is 0. The van der Waals surface area contributed by atoms with Crippen molar-refractivity contribution in [2.45, 2.75) is 19.0 Å². The highest BCUT2D eigenvalue weighted by atomic mass is 35.5. The van der Waals surface area contributed by atoms with E-state index in [1.807, 2.05) is 36.4 Å². The Kier molecular flexibility index (Phi) is 5.60. The molecule has 0 aliphatic rings. The van der Waals surface area contributed by atoms with Gasteiger partial charge in [0.05, 0.1) is 0 Å². The van der Waals surface area contributed by atoms with E-state index in [2.05, 4.69) is 30.1 Å². The molecule has 0 aliphatic carbocycles. The van der Waals surface area contributed by atoms with E-state index in [0.717, 1.165) is 24.5 Å². The largest absolute Gasteiger partial charge is 0.324 e. The monoisotopic (exact) mass is 288 g/mol. The van der Waals surface area contributed by atoms with Crippen molar-refractivity contribution >= 4 is 11.6 Å². The van der Waals surface area contributed by atoms with E-state index in [-0.39, 0.29) is 6.04 Å². The number of hydrogen-bond acceptors (Lipinski definition) is 2. The van der Waals surface area contributed by atoms with Crippen LogP contribution in [0.25, 0.3) is 0 Å². The van der Waals surface area contributed by atoms with E-state index in [4.69, 9.17) is 17.3 Å². The van der Waals surface area contributed by atoms with Crippen LogP contribution >= 0.6 is 11.6 Å². The van der Waals surface area contributed by atoms with Gasteiger partial charge in [0.25, 0.3) is 0 Å². The highest BCUT2D eigenvalue weighted by molar-refractivity contribution is 6.30. The van der Waals surface area contributed by atoms with Gasteiger partial charge in [-0.1, -0.05) is 54.1 Å². The van der Waals surface area contributed by atoms with Gasteiger partial charge in [-0.2, -0.15) is 0 Å². The molecule has 3 heteroatoms. The number of halogens is 1. The summed E-state index contributed by atoms with van der Waals surface area (Å²) in [6.45, 7) is 1.85. The van der Waals surface area contributed by atoms with Crippen LogP contribution in [0.15, 0.2) is 54.6 Å². The van der Waals surface area contributed by atoms with Crippen LogP contribution in [-0.4, -0.2) is 18.5 Å². The first-order valence-electron chi connectivity index (χ1n) is 6.88. The van der Waals surface area contributed by atoms with Gasteiger partial charge in [-0.05, 0) is 43.3 Å². The summed E-state index contributed by atoms with van der Waals surface area (Å²) < 4.78 is 0. The third kappa shape index (κ3) is 4.64. The fraction of sp³-hybridized carbons (Fsp3) is 0.294. The minimum atomic E-state index is 0.0954. The number of nitrogens with zero attached hydrogens (tertiary/aromatic N) is 1. The van der Waals surface area contributed by atoms with Crippen molar-refractivity contribution in [1.29, 1.82) is 0 Å². The molecule has 0 amide bonds. The molecule has 106 valence electrons. The second kappa shape index (κ2) is 7.44. The van der Waals surface area contributed by atoms with Crippen molar-refractivity contribution in [2.75, 3.05) is 13.6 Å². The lowest BCUT2D eigenvalue weighted by atomic mass is 10.0. The minimum absolute atomic E-state index is 0.0954.